The van der Waals surface area contributed by atoms with Crippen LogP contribution in [0.4, 0.5) is 0 Å². The van der Waals surface area contributed by atoms with Crippen LogP contribution < -0.4 is 0 Å². The maximum Gasteiger partial charge on any atom is 0.307 e. The smallest absolute Gasteiger partial charge is 0.307 e. The van der Waals surface area contributed by atoms with Gasteiger partial charge in [-0.15, -0.1) is 0 Å². The molecule has 0 bridgehead atoms. The number of carboxylic acids is 1. The maximum atomic E-state index is 12.7. The molecule has 2 saturated heterocycles. The van der Waals surface area contributed by atoms with Crippen molar-refractivity contribution in [1.29, 1.82) is 0 Å². The number of carbonyl (C=O) groups excluding carboxylic acids is 1. The van der Waals surface area contributed by atoms with E-state index in [0.29, 0.717) is 26.1 Å². The van der Waals surface area contributed by atoms with Gasteiger partial charge in [-0.2, -0.15) is 0 Å². The molecule has 1 spiro atoms. The van der Waals surface area contributed by atoms with Crippen LogP contribution in [0.1, 0.15) is 39.0 Å². The monoisotopic (exact) mass is 358 g/mol. The number of aliphatic carboxylic acids is 1. The average Bonchev–Trinajstić information content (AvgIpc) is 3.29. The number of carbonyl (C=O) groups is 2. The summed E-state index contributed by atoms with van der Waals surface area (Å²) in [6, 6.07) is 0. The number of hydrogen-bond donors (Lipinski definition) is 1. The summed E-state index contributed by atoms with van der Waals surface area (Å²) in [5.41, 5.74) is -0.0905. The van der Waals surface area contributed by atoms with Crippen molar-refractivity contribution in [3.8, 4) is 0 Å². The van der Waals surface area contributed by atoms with E-state index in [4.69, 9.17) is 5.11 Å². The van der Waals surface area contributed by atoms with Crippen LogP contribution in [-0.4, -0.2) is 66.5 Å². The summed E-state index contributed by atoms with van der Waals surface area (Å²) in [6.45, 7) is 3.61. The predicted octanol–water partition coefficient (Wildman–Crippen LogP) is 0.761. The average molecular weight is 358 g/mol. The van der Waals surface area contributed by atoms with E-state index in [0.717, 1.165) is 25.7 Å². The summed E-state index contributed by atoms with van der Waals surface area (Å²) < 4.78 is 25.5. The van der Waals surface area contributed by atoms with E-state index in [1.807, 2.05) is 4.90 Å². The molecule has 1 N–H and O–H groups in total. The van der Waals surface area contributed by atoms with Crippen LogP contribution in [0.2, 0.25) is 0 Å². The van der Waals surface area contributed by atoms with Gasteiger partial charge in [-0.25, -0.2) is 12.7 Å². The molecule has 0 aromatic heterocycles. The molecule has 136 valence electrons. The molecule has 2 aliphatic heterocycles. The summed E-state index contributed by atoms with van der Waals surface area (Å²) in [7, 11) is -3.25. The Morgan fingerprint density at radius 2 is 1.88 bits per heavy atom. The SMILES string of the molecule is CCS(=O)(=O)N1CCCC(C(=O)N2CCC3(CC2)CC3C(=O)O)C1. The van der Waals surface area contributed by atoms with Gasteiger partial charge in [0.1, 0.15) is 0 Å². The molecule has 3 rings (SSSR count). The van der Waals surface area contributed by atoms with Gasteiger partial charge in [-0.05, 0) is 44.4 Å². The highest BCUT2D eigenvalue weighted by molar-refractivity contribution is 7.89. The van der Waals surface area contributed by atoms with Crippen molar-refractivity contribution < 1.29 is 23.1 Å². The number of sulfonamides is 1. The van der Waals surface area contributed by atoms with Gasteiger partial charge in [0.25, 0.3) is 0 Å². The third-order valence-electron chi connectivity index (χ3n) is 6.05. The van der Waals surface area contributed by atoms with Crippen LogP contribution in [-0.2, 0) is 19.6 Å². The van der Waals surface area contributed by atoms with Crippen molar-refractivity contribution in [3.63, 3.8) is 0 Å². The Bertz CT molecular complexity index is 624. The lowest BCUT2D eigenvalue weighted by Gasteiger charge is -2.37. The van der Waals surface area contributed by atoms with Gasteiger partial charge >= 0.3 is 5.97 Å². The predicted molar refractivity (Wildman–Crippen MR) is 87.7 cm³/mol. The lowest BCUT2D eigenvalue weighted by Crippen LogP contribution is -2.49. The van der Waals surface area contributed by atoms with Crippen molar-refractivity contribution in [2.45, 2.75) is 39.0 Å². The topological polar surface area (TPSA) is 95.0 Å². The normalized spacial score (nSPS) is 30.3. The van der Waals surface area contributed by atoms with E-state index >= 15 is 0 Å². The quantitative estimate of drug-likeness (QED) is 0.801. The van der Waals surface area contributed by atoms with Crippen LogP contribution in [0.25, 0.3) is 0 Å². The van der Waals surface area contributed by atoms with Gasteiger partial charge in [0.15, 0.2) is 0 Å². The summed E-state index contributed by atoms with van der Waals surface area (Å²) in [4.78, 5) is 25.7. The molecule has 2 heterocycles. The Morgan fingerprint density at radius 3 is 2.42 bits per heavy atom. The fraction of sp³-hybridized carbons (Fsp3) is 0.875. The number of rotatable bonds is 4. The van der Waals surface area contributed by atoms with Crippen molar-refractivity contribution in [1.82, 2.24) is 9.21 Å². The minimum atomic E-state index is -3.25. The first-order valence-electron chi connectivity index (χ1n) is 8.78. The Hall–Kier alpha value is -1.15. The summed E-state index contributed by atoms with van der Waals surface area (Å²) in [5.74, 6) is -1.12. The van der Waals surface area contributed by atoms with Crippen LogP contribution in [0.3, 0.4) is 0 Å². The highest BCUT2D eigenvalue weighted by Gasteiger charge is 2.59. The summed E-state index contributed by atoms with van der Waals surface area (Å²) >= 11 is 0. The molecule has 3 aliphatic rings. The van der Waals surface area contributed by atoms with Gasteiger partial charge < -0.3 is 10.0 Å². The summed E-state index contributed by atoms with van der Waals surface area (Å²) in [5, 5.41) is 9.14. The van der Waals surface area contributed by atoms with Crippen LogP contribution in [0.5, 0.6) is 0 Å². The molecule has 0 aromatic carbocycles. The first-order chi connectivity index (χ1) is 11.3. The van der Waals surface area contributed by atoms with E-state index < -0.39 is 16.0 Å². The van der Waals surface area contributed by atoms with Crippen LogP contribution >= 0.6 is 0 Å². The highest BCUT2D eigenvalue weighted by Crippen LogP contribution is 2.59. The number of likely N-dealkylation sites (tertiary alicyclic amines) is 1. The number of carboxylic acid groups (broad SMARTS) is 1. The lowest BCUT2D eigenvalue weighted by atomic mass is 9.89. The van der Waals surface area contributed by atoms with E-state index in [9.17, 15) is 18.0 Å². The maximum absolute atomic E-state index is 12.7. The second-order valence-electron chi connectivity index (χ2n) is 7.38. The van der Waals surface area contributed by atoms with E-state index in [-0.39, 0.29) is 35.5 Å². The molecule has 24 heavy (non-hydrogen) atoms. The Labute approximate surface area is 143 Å². The van der Waals surface area contributed by atoms with Crippen molar-refractivity contribution in [2.24, 2.45) is 17.3 Å². The second-order valence-corrected chi connectivity index (χ2v) is 9.64. The third-order valence-corrected chi connectivity index (χ3v) is 7.90. The van der Waals surface area contributed by atoms with Crippen LogP contribution in [0.15, 0.2) is 0 Å². The zero-order chi connectivity index (χ0) is 17.5. The largest absolute Gasteiger partial charge is 0.481 e. The molecule has 2 atom stereocenters. The van der Waals surface area contributed by atoms with Gasteiger partial charge in [0, 0.05) is 26.2 Å². The van der Waals surface area contributed by atoms with Crippen LogP contribution in [0, 0.1) is 17.3 Å². The fourth-order valence-electron chi connectivity index (χ4n) is 4.26. The molecular weight excluding hydrogens is 332 g/mol. The molecular formula is C16H26N2O5S. The van der Waals surface area contributed by atoms with Gasteiger partial charge in [0.05, 0.1) is 17.6 Å². The van der Waals surface area contributed by atoms with E-state index in [1.165, 1.54) is 4.31 Å². The second kappa shape index (κ2) is 6.29. The molecule has 1 aliphatic carbocycles. The van der Waals surface area contributed by atoms with Crippen molar-refractivity contribution in [3.05, 3.63) is 0 Å². The molecule has 1 amide bonds. The molecule has 8 heteroatoms. The van der Waals surface area contributed by atoms with Gasteiger partial charge in [-0.3, -0.25) is 9.59 Å². The molecule has 0 radical (unpaired) electrons. The fourth-order valence-corrected chi connectivity index (χ4v) is 5.44. The molecule has 2 unspecified atom stereocenters. The molecule has 1 saturated carbocycles. The Balaban J connectivity index is 1.57. The first-order valence-corrected chi connectivity index (χ1v) is 10.4. The Kier molecular flexibility index (Phi) is 4.63. The number of hydrogen-bond acceptors (Lipinski definition) is 4. The standard InChI is InChI=1S/C16H26N2O5S/c1-2-24(22,23)18-7-3-4-12(11-18)14(19)17-8-5-16(6-9-17)10-13(16)15(20)21/h12-13H,2-11H2,1H3,(H,20,21). The minimum Gasteiger partial charge on any atom is -0.481 e. The zero-order valence-electron chi connectivity index (χ0n) is 14.1. The Morgan fingerprint density at radius 1 is 1.21 bits per heavy atom. The summed E-state index contributed by atoms with van der Waals surface area (Å²) in [6.07, 6.45) is 3.68. The number of amides is 1. The molecule has 0 aromatic rings. The van der Waals surface area contributed by atoms with Crippen molar-refractivity contribution >= 4 is 21.9 Å². The van der Waals surface area contributed by atoms with Gasteiger partial charge in [-0.1, -0.05) is 0 Å². The molecule has 7 nitrogen and oxygen atoms in total. The highest BCUT2D eigenvalue weighted by atomic mass is 32.2. The number of nitrogens with zero attached hydrogens (tertiary/aromatic N) is 2. The number of piperidine rings is 2. The lowest BCUT2D eigenvalue weighted by molar-refractivity contribution is -0.140. The minimum absolute atomic E-state index is 0.0355. The van der Waals surface area contributed by atoms with Crippen molar-refractivity contribution in [2.75, 3.05) is 31.9 Å². The molecule has 3 fully saturated rings. The van der Waals surface area contributed by atoms with Gasteiger partial charge in [0.2, 0.25) is 15.9 Å². The van der Waals surface area contributed by atoms with E-state index in [1.54, 1.807) is 6.92 Å². The van der Waals surface area contributed by atoms with E-state index in [2.05, 4.69) is 0 Å². The zero-order valence-corrected chi connectivity index (χ0v) is 14.9. The third kappa shape index (κ3) is 3.18. The first kappa shape index (κ1) is 17.7.